The zero-order chi connectivity index (χ0) is 69.9. The Hall–Kier alpha value is -8.46. The van der Waals surface area contributed by atoms with Gasteiger partial charge in [0.1, 0.15) is 13.1 Å². The molecule has 0 aliphatic heterocycles. The number of unbranched alkanes of at least 4 members (excludes halogenated alkanes) is 7. The van der Waals surface area contributed by atoms with Crippen LogP contribution < -0.4 is 47.9 Å². The minimum Gasteiger partial charge on any atom is -0.481 e. The number of rotatable bonds is 46. The van der Waals surface area contributed by atoms with Crippen molar-refractivity contribution in [1.82, 2.24) is 47.9 Å². The smallest absolute Gasteiger partial charge is 0.322 e. The van der Waals surface area contributed by atoms with Crippen LogP contribution >= 0.6 is 0 Å². The number of carbonyl (C=O) groups excluding carboxylic acids is 9. The van der Waals surface area contributed by atoms with Gasteiger partial charge in [-0.05, 0) is 101 Å². The van der Waals surface area contributed by atoms with Gasteiger partial charge in [-0.25, -0.2) is 0 Å². The second-order valence-corrected chi connectivity index (χ2v) is 21.2. The van der Waals surface area contributed by atoms with Gasteiger partial charge < -0.3 is 73.4 Å². The van der Waals surface area contributed by atoms with E-state index in [0.717, 1.165) is 88.9 Å². The fourth-order valence-electron chi connectivity index (χ4n) is 7.24. The fraction of sp³-hybridized carbons (Fsp3) is 0.651. The molecule has 0 spiro atoms. The SMILES string of the molecule is C.C=CC(=O)NCC(=O)O.C=CC(=O)NCCCCCC(=O)O.C=CC(=O)NCNC(=O)C=C.CCC(C)C(=O)NCNC(=O)C(C)CCCCC(C)C(=O)NCC(=O)O.CCCC(C)(CCC(C)C(=O)NCCCCCC(=O)O)C(=O)NCCCCCC(=O)O. The molecule has 522 valence electrons. The van der Waals surface area contributed by atoms with Gasteiger partial charge in [0, 0.05) is 68.0 Å². The van der Waals surface area contributed by atoms with Crippen LogP contribution in [0.5, 0.6) is 0 Å². The molecule has 0 aromatic carbocycles. The predicted molar refractivity (Wildman–Crippen MR) is 346 cm³/mol. The molecule has 0 saturated heterocycles. The normalized spacial score (nSPS) is 11.8. The van der Waals surface area contributed by atoms with E-state index in [9.17, 15) is 67.1 Å². The zero-order valence-electron chi connectivity index (χ0n) is 54.2. The van der Waals surface area contributed by atoms with E-state index in [1.165, 1.54) is 6.08 Å². The number of carboxylic acids is 5. The highest BCUT2D eigenvalue weighted by atomic mass is 16.4. The lowest BCUT2D eigenvalue weighted by atomic mass is 9.78. The second-order valence-electron chi connectivity index (χ2n) is 21.2. The van der Waals surface area contributed by atoms with Crippen molar-refractivity contribution in [2.75, 3.05) is 46.1 Å². The highest BCUT2D eigenvalue weighted by Crippen LogP contribution is 2.31. The summed E-state index contributed by atoms with van der Waals surface area (Å²) in [5.41, 5.74) is -0.527. The van der Waals surface area contributed by atoms with E-state index in [0.29, 0.717) is 64.6 Å². The maximum atomic E-state index is 12.8. The zero-order valence-corrected chi connectivity index (χ0v) is 54.2. The van der Waals surface area contributed by atoms with Crippen molar-refractivity contribution in [3.63, 3.8) is 0 Å². The largest absolute Gasteiger partial charge is 0.481 e. The Balaban J connectivity index is -0.000000268. The Morgan fingerprint density at radius 2 is 0.703 bits per heavy atom. The van der Waals surface area contributed by atoms with Crippen molar-refractivity contribution in [2.24, 2.45) is 29.1 Å². The Morgan fingerprint density at radius 3 is 1.09 bits per heavy atom. The molecular weight excluding hydrogens is 1190 g/mol. The van der Waals surface area contributed by atoms with Gasteiger partial charge in [-0.1, -0.05) is 121 Å². The van der Waals surface area contributed by atoms with Crippen LogP contribution in [0.2, 0.25) is 0 Å². The summed E-state index contributed by atoms with van der Waals surface area (Å²) in [5, 5.41) is 65.1. The summed E-state index contributed by atoms with van der Waals surface area (Å²) < 4.78 is 0. The molecule has 14 N–H and O–H groups in total. The van der Waals surface area contributed by atoms with Gasteiger partial charge in [-0.3, -0.25) is 67.1 Å². The standard InChI is InChI=1S/C23H42N2O6.C18H33N3O5.C9H15NO3.C7H10N2O2.C5H7NO3.CH4/c1-4-14-23(3,22(31)25-17-10-6-8-12-20(28)29)15-13-18(2)21(30)24-16-9-5-7-11-19(26)27;1-5-12(2)16(24)20-11-21-18(26)14(4)9-7-6-8-13(3)17(25)19-10-15(22)23;1-2-8(11)10-7-5-3-4-6-9(12)13;1-3-6(10)8-5-9-7(11)4-2;1-2-4(7)6-3-5(8)9;/h18H,4-17H2,1-3H3,(H,24,30)(H,25,31)(H,26,27)(H,28,29);12-14H,5-11H2,1-4H3,(H,19,25)(H,20,24)(H,21,26)(H,22,23);2H,1,3-7H2,(H,10,11)(H,12,13);3-4H,1-2,5H2,(H,8,10)(H,9,11);2H,1,3H2,(H,6,7)(H,8,9);1H4. The number of amides is 9. The molecule has 0 radical (unpaired) electrons. The van der Waals surface area contributed by atoms with E-state index in [4.69, 9.17) is 25.5 Å². The van der Waals surface area contributed by atoms with Crippen molar-refractivity contribution in [2.45, 2.75) is 191 Å². The molecule has 28 heteroatoms. The molecule has 0 bridgehead atoms. The molecule has 91 heavy (non-hydrogen) atoms. The minimum absolute atomic E-state index is 0. The van der Waals surface area contributed by atoms with Gasteiger partial charge >= 0.3 is 29.8 Å². The minimum atomic E-state index is -1.06. The van der Waals surface area contributed by atoms with Crippen LogP contribution in [-0.2, 0) is 67.1 Å². The fourth-order valence-corrected chi connectivity index (χ4v) is 7.24. The van der Waals surface area contributed by atoms with Gasteiger partial charge in [-0.2, -0.15) is 0 Å². The third kappa shape index (κ3) is 64.3. The van der Waals surface area contributed by atoms with Crippen molar-refractivity contribution in [3.05, 3.63) is 50.6 Å². The number of aliphatic carboxylic acids is 5. The molecule has 9 amide bonds. The average Bonchev–Trinajstić information content (AvgIpc) is 3.63. The predicted octanol–water partition coefficient (Wildman–Crippen LogP) is 5.48. The first-order chi connectivity index (χ1) is 42.3. The maximum Gasteiger partial charge on any atom is 0.322 e. The van der Waals surface area contributed by atoms with E-state index >= 15 is 0 Å². The van der Waals surface area contributed by atoms with Crippen LogP contribution in [-0.4, -0.2) is 155 Å². The summed E-state index contributed by atoms with van der Waals surface area (Å²) in [7, 11) is 0. The number of carbonyl (C=O) groups is 14. The quantitative estimate of drug-likeness (QED) is 0.0204. The summed E-state index contributed by atoms with van der Waals surface area (Å²) in [5.74, 6) is -6.97. The molecule has 0 rings (SSSR count). The van der Waals surface area contributed by atoms with Gasteiger partial charge in [-0.15, -0.1) is 0 Å². The second kappa shape index (κ2) is 61.8. The van der Waals surface area contributed by atoms with Crippen LogP contribution in [0.15, 0.2) is 50.6 Å². The monoisotopic (exact) mass is 1300 g/mol. The molecule has 0 aliphatic carbocycles. The number of hydrogen-bond donors (Lipinski definition) is 14. The first-order valence-electron chi connectivity index (χ1n) is 30.4. The maximum absolute atomic E-state index is 12.8. The lowest BCUT2D eigenvalue weighted by Gasteiger charge is -2.29. The molecule has 5 unspecified atom stereocenters. The highest BCUT2D eigenvalue weighted by molar-refractivity contribution is 5.90. The summed E-state index contributed by atoms with van der Waals surface area (Å²) in [6.45, 7) is 27.3. The molecule has 5 atom stereocenters. The van der Waals surface area contributed by atoms with Crippen molar-refractivity contribution >= 4 is 83.0 Å². The molecular formula is C63H111N9O19. The van der Waals surface area contributed by atoms with Gasteiger partial charge in [0.2, 0.25) is 53.2 Å². The summed E-state index contributed by atoms with van der Waals surface area (Å²) in [6.07, 6.45) is 18.1. The molecule has 0 aromatic rings. The Labute approximate surface area is 538 Å². The molecule has 0 aliphatic rings. The van der Waals surface area contributed by atoms with Crippen LogP contribution in [0.25, 0.3) is 0 Å². The molecule has 28 nitrogen and oxygen atoms in total. The Bertz CT molecular complexity index is 2210. The lowest BCUT2D eigenvalue weighted by Crippen LogP contribution is -2.41. The highest BCUT2D eigenvalue weighted by Gasteiger charge is 2.33. The van der Waals surface area contributed by atoms with E-state index in [1.807, 2.05) is 41.5 Å². The van der Waals surface area contributed by atoms with E-state index in [1.54, 1.807) is 6.92 Å². The first kappa shape index (κ1) is 93.7. The molecule has 0 fully saturated rings. The van der Waals surface area contributed by atoms with Crippen LogP contribution in [0.1, 0.15) is 191 Å². The Kier molecular flexibility index (Phi) is 63.6. The number of nitrogens with one attached hydrogen (secondary N) is 9. The van der Waals surface area contributed by atoms with E-state index < -0.39 is 41.2 Å². The summed E-state index contributed by atoms with van der Waals surface area (Å²) in [4.78, 5) is 153. The van der Waals surface area contributed by atoms with E-state index in [2.05, 4.69) is 74.2 Å². The number of carboxylic acid groups (broad SMARTS) is 5. The average molecular weight is 1300 g/mol. The topological polar surface area (TPSA) is 448 Å². The molecule has 0 saturated carbocycles. The molecule has 0 aromatic heterocycles. The van der Waals surface area contributed by atoms with Crippen LogP contribution in [0, 0.1) is 29.1 Å². The third-order valence-corrected chi connectivity index (χ3v) is 13.1. The van der Waals surface area contributed by atoms with Crippen LogP contribution in [0.3, 0.4) is 0 Å². The van der Waals surface area contributed by atoms with Crippen molar-refractivity contribution < 1.29 is 92.7 Å². The summed E-state index contributed by atoms with van der Waals surface area (Å²) in [6, 6.07) is 0. The van der Waals surface area contributed by atoms with Crippen LogP contribution in [0.4, 0.5) is 0 Å². The van der Waals surface area contributed by atoms with Gasteiger partial charge in [0.25, 0.3) is 0 Å². The third-order valence-electron chi connectivity index (χ3n) is 13.1. The summed E-state index contributed by atoms with van der Waals surface area (Å²) >= 11 is 0. The molecule has 0 heterocycles. The van der Waals surface area contributed by atoms with E-state index in [-0.39, 0.29) is 124 Å². The lowest BCUT2D eigenvalue weighted by molar-refractivity contribution is -0.138. The van der Waals surface area contributed by atoms with Gasteiger partial charge in [0.15, 0.2) is 0 Å². The van der Waals surface area contributed by atoms with Gasteiger partial charge in [0.05, 0.1) is 13.3 Å². The van der Waals surface area contributed by atoms with Crippen molar-refractivity contribution in [1.29, 1.82) is 0 Å². The Morgan fingerprint density at radius 1 is 0.374 bits per heavy atom. The number of hydrogen-bond acceptors (Lipinski definition) is 14. The first-order valence-corrected chi connectivity index (χ1v) is 30.4. The van der Waals surface area contributed by atoms with Crippen molar-refractivity contribution in [3.8, 4) is 0 Å².